The molecule has 1 aliphatic carbocycles. The van der Waals surface area contributed by atoms with Gasteiger partial charge in [0.15, 0.2) is 0 Å². The highest BCUT2D eigenvalue weighted by Crippen LogP contribution is 2.34. The topological polar surface area (TPSA) is 49.8 Å². The lowest BCUT2D eigenvalue weighted by molar-refractivity contribution is 0.542. The third-order valence-electron chi connectivity index (χ3n) is 2.92. The van der Waals surface area contributed by atoms with Crippen molar-refractivity contribution in [2.45, 2.75) is 40.0 Å². The van der Waals surface area contributed by atoms with Gasteiger partial charge in [-0.05, 0) is 44.6 Å². The average Bonchev–Trinajstić information content (AvgIpc) is 2.10. The van der Waals surface area contributed by atoms with E-state index in [9.17, 15) is 0 Å². The van der Waals surface area contributed by atoms with Gasteiger partial charge in [0.2, 0.25) is 0 Å². The molecule has 0 radical (unpaired) electrons. The molecule has 0 saturated carbocycles. The zero-order chi connectivity index (χ0) is 10.7. The SMILES string of the molecule is CC1=C(/C(C#N)=C(\C)N)C(C)CCC1. The predicted octanol–water partition coefficient (Wildman–Crippen LogP) is 2.88. The molecule has 2 nitrogen and oxygen atoms in total. The maximum Gasteiger partial charge on any atom is 0.101 e. The summed E-state index contributed by atoms with van der Waals surface area (Å²) >= 11 is 0. The molecule has 14 heavy (non-hydrogen) atoms. The molecule has 2 N–H and O–H groups in total. The standard InChI is InChI=1S/C12H18N2/c1-8-5-4-6-9(2)12(8)11(7-13)10(3)14/h8H,4-6,14H2,1-3H3/b11-10+. The minimum Gasteiger partial charge on any atom is -0.401 e. The third-order valence-corrected chi connectivity index (χ3v) is 2.92. The van der Waals surface area contributed by atoms with Crippen molar-refractivity contribution >= 4 is 0 Å². The molecule has 1 aliphatic rings. The van der Waals surface area contributed by atoms with Crippen molar-refractivity contribution in [3.05, 3.63) is 22.4 Å². The first kappa shape index (κ1) is 10.8. The lowest BCUT2D eigenvalue weighted by Gasteiger charge is -2.24. The number of nitrogens with two attached hydrogens (primary N) is 1. The third kappa shape index (κ3) is 1.98. The maximum atomic E-state index is 9.06. The second-order valence-electron chi connectivity index (χ2n) is 4.16. The summed E-state index contributed by atoms with van der Waals surface area (Å²) in [5.74, 6) is 0.483. The molecule has 1 rings (SSSR count). The van der Waals surface area contributed by atoms with Crippen molar-refractivity contribution < 1.29 is 0 Å². The van der Waals surface area contributed by atoms with E-state index in [-0.39, 0.29) is 0 Å². The van der Waals surface area contributed by atoms with E-state index < -0.39 is 0 Å². The van der Waals surface area contributed by atoms with Gasteiger partial charge in [-0.3, -0.25) is 0 Å². The molecular weight excluding hydrogens is 172 g/mol. The van der Waals surface area contributed by atoms with Crippen molar-refractivity contribution in [2.24, 2.45) is 11.7 Å². The van der Waals surface area contributed by atoms with Crippen LogP contribution in [0.5, 0.6) is 0 Å². The van der Waals surface area contributed by atoms with E-state index >= 15 is 0 Å². The molecule has 2 heteroatoms. The summed E-state index contributed by atoms with van der Waals surface area (Å²) in [5.41, 5.74) is 9.61. The van der Waals surface area contributed by atoms with Gasteiger partial charge in [0.05, 0.1) is 5.57 Å². The van der Waals surface area contributed by atoms with Crippen molar-refractivity contribution in [1.82, 2.24) is 0 Å². The largest absolute Gasteiger partial charge is 0.401 e. The molecule has 0 aliphatic heterocycles. The smallest absolute Gasteiger partial charge is 0.101 e. The zero-order valence-electron chi connectivity index (χ0n) is 9.22. The Morgan fingerprint density at radius 1 is 1.57 bits per heavy atom. The number of hydrogen-bond acceptors (Lipinski definition) is 2. The van der Waals surface area contributed by atoms with Crippen LogP contribution in [0.1, 0.15) is 40.0 Å². The maximum absolute atomic E-state index is 9.06. The quantitative estimate of drug-likeness (QED) is 0.646. The van der Waals surface area contributed by atoms with Crippen LogP contribution in [0.3, 0.4) is 0 Å². The summed E-state index contributed by atoms with van der Waals surface area (Å²) < 4.78 is 0. The fourth-order valence-corrected chi connectivity index (χ4v) is 2.19. The van der Waals surface area contributed by atoms with E-state index in [0.717, 1.165) is 6.42 Å². The van der Waals surface area contributed by atoms with Crippen LogP contribution in [0.15, 0.2) is 22.4 Å². The number of allylic oxidation sites excluding steroid dienone is 4. The first-order valence-electron chi connectivity index (χ1n) is 5.14. The number of nitrogens with zero attached hydrogens (tertiary/aromatic N) is 1. The molecule has 0 bridgehead atoms. The van der Waals surface area contributed by atoms with Gasteiger partial charge in [-0.15, -0.1) is 0 Å². The van der Waals surface area contributed by atoms with Gasteiger partial charge in [0.1, 0.15) is 6.07 Å². The molecule has 0 aromatic carbocycles. The highest BCUT2D eigenvalue weighted by atomic mass is 14.6. The summed E-state index contributed by atoms with van der Waals surface area (Å²) in [6.45, 7) is 6.10. The van der Waals surface area contributed by atoms with Crippen LogP contribution >= 0.6 is 0 Å². The Labute approximate surface area is 86.1 Å². The van der Waals surface area contributed by atoms with Crippen molar-refractivity contribution in [3.63, 3.8) is 0 Å². The van der Waals surface area contributed by atoms with Gasteiger partial charge < -0.3 is 5.73 Å². The average molecular weight is 190 g/mol. The van der Waals surface area contributed by atoms with E-state index in [1.54, 1.807) is 6.92 Å². The normalized spacial score (nSPS) is 24.3. The van der Waals surface area contributed by atoms with E-state index in [0.29, 0.717) is 17.2 Å². The Kier molecular flexibility index (Phi) is 3.35. The number of nitriles is 1. The minimum atomic E-state index is 0.483. The van der Waals surface area contributed by atoms with E-state index in [4.69, 9.17) is 11.0 Å². The van der Waals surface area contributed by atoms with Crippen LogP contribution in [0, 0.1) is 17.2 Å². The van der Waals surface area contributed by atoms with Crippen LogP contribution in [0.25, 0.3) is 0 Å². The van der Waals surface area contributed by atoms with Crippen LogP contribution in [-0.2, 0) is 0 Å². The summed E-state index contributed by atoms with van der Waals surface area (Å²) in [5, 5.41) is 9.06. The van der Waals surface area contributed by atoms with Crippen LogP contribution in [-0.4, -0.2) is 0 Å². The summed E-state index contributed by atoms with van der Waals surface area (Å²) in [6.07, 6.45) is 3.52. The van der Waals surface area contributed by atoms with E-state index in [1.165, 1.54) is 24.0 Å². The van der Waals surface area contributed by atoms with E-state index in [1.807, 2.05) is 0 Å². The summed E-state index contributed by atoms with van der Waals surface area (Å²) in [4.78, 5) is 0. The monoisotopic (exact) mass is 190 g/mol. The molecule has 0 spiro atoms. The highest BCUT2D eigenvalue weighted by Gasteiger charge is 2.21. The van der Waals surface area contributed by atoms with Crippen molar-refractivity contribution in [2.75, 3.05) is 0 Å². The Morgan fingerprint density at radius 3 is 2.64 bits per heavy atom. The van der Waals surface area contributed by atoms with Crippen molar-refractivity contribution in [1.29, 1.82) is 5.26 Å². The summed E-state index contributed by atoms with van der Waals surface area (Å²) in [6, 6.07) is 2.23. The molecule has 1 atom stereocenters. The molecule has 0 aromatic rings. The Hall–Kier alpha value is -1.23. The Morgan fingerprint density at radius 2 is 2.21 bits per heavy atom. The number of rotatable bonds is 1. The first-order chi connectivity index (χ1) is 6.57. The molecule has 76 valence electrons. The van der Waals surface area contributed by atoms with Gasteiger partial charge in [-0.2, -0.15) is 5.26 Å². The van der Waals surface area contributed by atoms with Gasteiger partial charge in [0.25, 0.3) is 0 Å². The molecule has 1 unspecified atom stereocenters. The van der Waals surface area contributed by atoms with Gasteiger partial charge in [-0.25, -0.2) is 0 Å². The zero-order valence-corrected chi connectivity index (χ0v) is 9.22. The molecule has 0 saturated heterocycles. The van der Waals surface area contributed by atoms with Crippen molar-refractivity contribution in [3.8, 4) is 6.07 Å². The lowest BCUT2D eigenvalue weighted by Crippen LogP contribution is -2.12. The Balaban J connectivity index is 3.18. The minimum absolute atomic E-state index is 0.483. The first-order valence-corrected chi connectivity index (χ1v) is 5.14. The van der Waals surface area contributed by atoms with Crippen LogP contribution in [0.4, 0.5) is 0 Å². The van der Waals surface area contributed by atoms with E-state index in [2.05, 4.69) is 19.9 Å². The summed E-state index contributed by atoms with van der Waals surface area (Å²) in [7, 11) is 0. The lowest BCUT2D eigenvalue weighted by atomic mass is 9.80. The van der Waals surface area contributed by atoms with Gasteiger partial charge in [-0.1, -0.05) is 12.5 Å². The van der Waals surface area contributed by atoms with Crippen LogP contribution < -0.4 is 5.73 Å². The molecule has 0 heterocycles. The predicted molar refractivity (Wildman–Crippen MR) is 58.2 cm³/mol. The molecular formula is C12H18N2. The molecule has 0 fully saturated rings. The highest BCUT2D eigenvalue weighted by molar-refractivity contribution is 5.48. The fourth-order valence-electron chi connectivity index (χ4n) is 2.19. The fraction of sp³-hybridized carbons (Fsp3) is 0.583. The van der Waals surface area contributed by atoms with Gasteiger partial charge >= 0.3 is 0 Å². The molecule has 0 aromatic heterocycles. The second-order valence-corrected chi connectivity index (χ2v) is 4.16. The second kappa shape index (κ2) is 4.32. The van der Waals surface area contributed by atoms with Gasteiger partial charge in [0, 0.05) is 5.70 Å². The Bertz CT molecular complexity index is 325. The molecule has 0 amide bonds. The number of hydrogen-bond donors (Lipinski definition) is 1. The van der Waals surface area contributed by atoms with Crippen LogP contribution in [0.2, 0.25) is 0 Å².